The van der Waals surface area contributed by atoms with Gasteiger partial charge in [-0.1, -0.05) is 12.2 Å². The Morgan fingerprint density at radius 3 is 2.62 bits per heavy atom. The molecule has 2 rings (SSSR count). The van der Waals surface area contributed by atoms with Crippen LogP contribution >= 0.6 is 0 Å². The first-order valence-corrected chi connectivity index (χ1v) is 4.76. The van der Waals surface area contributed by atoms with Gasteiger partial charge in [0.1, 0.15) is 0 Å². The summed E-state index contributed by atoms with van der Waals surface area (Å²) in [6.45, 7) is 0. The number of aromatic nitrogens is 1. The van der Waals surface area contributed by atoms with Crippen molar-refractivity contribution in [3.8, 4) is 0 Å². The number of hydrogen-bond acceptors (Lipinski definition) is 3. The molecule has 1 aliphatic carbocycles. The number of carboxylic acids is 2. The van der Waals surface area contributed by atoms with Gasteiger partial charge in [0.25, 0.3) is 0 Å². The molecule has 1 aromatic heterocycles. The SMILES string of the molecule is O=C(O)c1cc2c(nc1C(=O)O)CCC=C2. The monoisotopic (exact) mass is 219 g/mol. The van der Waals surface area contributed by atoms with Crippen molar-refractivity contribution in [1.82, 2.24) is 4.98 Å². The molecule has 82 valence electrons. The van der Waals surface area contributed by atoms with Crippen molar-refractivity contribution < 1.29 is 19.8 Å². The number of pyridine rings is 1. The molecule has 0 aromatic carbocycles. The Balaban J connectivity index is 2.65. The summed E-state index contributed by atoms with van der Waals surface area (Å²) in [5, 5.41) is 17.8. The Labute approximate surface area is 91.1 Å². The molecule has 0 aliphatic heterocycles. The number of hydrogen-bond donors (Lipinski definition) is 2. The fraction of sp³-hybridized carbons (Fsp3) is 0.182. The second-order valence-corrected chi connectivity index (χ2v) is 3.47. The lowest BCUT2D eigenvalue weighted by atomic mass is 9.99. The highest BCUT2D eigenvalue weighted by Gasteiger charge is 2.21. The molecule has 0 amide bonds. The zero-order valence-electron chi connectivity index (χ0n) is 8.30. The molecule has 0 unspecified atom stereocenters. The third-order valence-corrected chi connectivity index (χ3v) is 2.41. The van der Waals surface area contributed by atoms with Crippen molar-refractivity contribution in [2.75, 3.05) is 0 Å². The average Bonchev–Trinajstić information content (AvgIpc) is 2.27. The highest BCUT2D eigenvalue weighted by atomic mass is 16.4. The predicted molar refractivity (Wildman–Crippen MR) is 55.5 cm³/mol. The van der Waals surface area contributed by atoms with Crippen molar-refractivity contribution in [1.29, 1.82) is 0 Å². The molecule has 0 radical (unpaired) electrons. The van der Waals surface area contributed by atoms with Crippen LogP contribution in [0.1, 0.15) is 38.5 Å². The normalized spacial score (nSPS) is 13.2. The number of allylic oxidation sites excluding steroid dienone is 1. The molecule has 0 bridgehead atoms. The standard InChI is InChI=1S/C11H9NO4/c13-10(14)7-5-6-3-1-2-4-8(6)12-9(7)11(15)16/h1,3,5H,2,4H2,(H,13,14)(H,15,16). The molecule has 0 atom stereocenters. The van der Waals surface area contributed by atoms with E-state index in [0.29, 0.717) is 17.7 Å². The molecule has 5 heteroatoms. The van der Waals surface area contributed by atoms with E-state index in [1.165, 1.54) is 6.07 Å². The van der Waals surface area contributed by atoms with Gasteiger partial charge in [0, 0.05) is 5.69 Å². The van der Waals surface area contributed by atoms with E-state index in [0.717, 1.165) is 6.42 Å². The van der Waals surface area contributed by atoms with Crippen molar-refractivity contribution in [3.63, 3.8) is 0 Å². The maximum atomic E-state index is 10.9. The van der Waals surface area contributed by atoms with Crippen LogP contribution in [-0.4, -0.2) is 27.1 Å². The van der Waals surface area contributed by atoms with Crippen molar-refractivity contribution in [3.05, 3.63) is 34.7 Å². The molecule has 2 N–H and O–H groups in total. The van der Waals surface area contributed by atoms with E-state index >= 15 is 0 Å². The minimum absolute atomic E-state index is 0.266. The Bertz CT molecular complexity index is 505. The second-order valence-electron chi connectivity index (χ2n) is 3.47. The summed E-state index contributed by atoms with van der Waals surface area (Å²) in [6, 6.07) is 1.36. The molecule has 0 saturated heterocycles. The van der Waals surface area contributed by atoms with Gasteiger partial charge in [-0.2, -0.15) is 0 Å². The number of rotatable bonds is 2. The van der Waals surface area contributed by atoms with E-state index < -0.39 is 11.9 Å². The van der Waals surface area contributed by atoms with Crippen LogP contribution < -0.4 is 0 Å². The van der Waals surface area contributed by atoms with Gasteiger partial charge in [-0.05, 0) is 24.5 Å². The molecular weight excluding hydrogens is 210 g/mol. The number of carboxylic acid groups (broad SMARTS) is 2. The van der Waals surface area contributed by atoms with Gasteiger partial charge < -0.3 is 10.2 Å². The van der Waals surface area contributed by atoms with E-state index in [-0.39, 0.29) is 11.3 Å². The minimum Gasteiger partial charge on any atom is -0.478 e. The quantitative estimate of drug-likeness (QED) is 0.785. The first-order chi connectivity index (χ1) is 7.59. The van der Waals surface area contributed by atoms with Crippen LogP contribution in [-0.2, 0) is 6.42 Å². The first-order valence-electron chi connectivity index (χ1n) is 4.76. The average molecular weight is 219 g/mol. The van der Waals surface area contributed by atoms with Crippen LogP contribution in [0.3, 0.4) is 0 Å². The highest BCUT2D eigenvalue weighted by Crippen LogP contribution is 2.20. The highest BCUT2D eigenvalue weighted by molar-refractivity contribution is 6.00. The fourth-order valence-corrected chi connectivity index (χ4v) is 1.67. The van der Waals surface area contributed by atoms with Crippen LogP contribution in [0.5, 0.6) is 0 Å². The fourth-order valence-electron chi connectivity index (χ4n) is 1.67. The third kappa shape index (κ3) is 1.67. The molecule has 16 heavy (non-hydrogen) atoms. The summed E-state index contributed by atoms with van der Waals surface area (Å²) >= 11 is 0. The Kier molecular flexibility index (Phi) is 2.44. The molecule has 0 fully saturated rings. The Morgan fingerprint density at radius 2 is 2.00 bits per heavy atom. The summed E-state index contributed by atoms with van der Waals surface area (Å²) in [7, 11) is 0. The van der Waals surface area contributed by atoms with Crippen molar-refractivity contribution in [2.45, 2.75) is 12.8 Å². The smallest absolute Gasteiger partial charge is 0.355 e. The zero-order valence-corrected chi connectivity index (χ0v) is 8.30. The number of fused-ring (bicyclic) bond motifs is 1. The second kappa shape index (κ2) is 3.77. The van der Waals surface area contributed by atoms with Gasteiger partial charge in [0.05, 0.1) is 5.56 Å². The van der Waals surface area contributed by atoms with Gasteiger partial charge in [-0.25, -0.2) is 14.6 Å². The van der Waals surface area contributed by atoms with Crippen LogP contribution in [0.4, 0.5) is 0 Å². The van der Waals surface area contributed by atoms with Gasteiger partial charge in [0.2, 0.25) is 0 Å². The lowest BCUT2D eigenvalue weighted by Gasteiger charge is -2.11. The first kappa shape index (κ1) is 10.4. The number of aryl methyl sites for hydroxylation is 1. The number of nitrogens with zero attached hydrogens (tertiary/aromatic N) is 1. The number of aromatic carboxylic acids is 2. The third-order valence-electron chi connectivity index (χ3n) is 2.41. The zero-order chi connectivity index (χ0) is 11.7. The van der Waals surface area contributed by atoms with Crippen LogP contribution in [0.25, 0.3) is 6.08 Å². The van der Waals surface area contributed by atoms with E-state index in [2.05, 4.69) is 4.98 Å². The maximum absolute atomic E-state index is 10.9. The lowest BCUT2D eigenvalue weighted by Crippen LogP contribution is -2.14. The van der Waals surface area contributed by atoms with Crippen molar-refractivity contribution in [2.24, 2.45) is 0 Å². The van der Waals surface area contributed by atoms with E-state index in [9.17, 15) is 9.59 Å². The largest absolute Gasteiger partial charge is 0.478 e. The predicted octanol–water partition coefficient (Wildman–Crippen LogP) is 1.44. The molecule has 1 aliphatic rings. The van der Waals surface area contributed by atoms with Crippen LogP contribution in [0, 0.1) is 0 Å². The Hall–Kier alpha value is -2.17. The summed E-state index contributed by atoms with van der Waals surface area (Å²) < 4.78 is 0. The van der Waals surface area contributed by atoms with Gasteiger partial charge in [0.15, 0.2) is 5.69 Å². The summed E-state index contributed by atoms with van der Waals surface area (Å²) in [4.78, 5) is 25.7. The molecule has 0 saturated carbocycles. The van der Waals surface area contributed by atoms with E-state index in [1.54, 1.807) is 6.08 Å². The van der Waals surface area contributed by atoms with Gasteiger partial charge in [-0.15, -0.1) is 0 Å². The maximum Gasteiger partial charge on any atom is 0.355 e. The summed E-state index contributed by atoms with van der Waals surface area (Å²) in [5.41, 5.74) is 0.679. The minimum atomic E-state index is -1.31. The summed E-state index contributed by atoms with van der Waals surface area (Å²) in [5.74, 6) is -2.58. The van der Waals surface area contributed by atoms with Crippen molar-refractivity contribution >= 4 is 18.0 Å². The van der Waals surface area contributed by atoms with E-state index in [4.69, 9.17) is 10.2 Å². The molecule has 0 spiro atoms. The van der Waals surface area contributed by atoms with Gasteiger partial charge in [-0.3, -0.25) is 0 Å². The van der Waals surface area contributed by atoms with Gasteiger partial charge >= 0.3 is 11.9 Å². The number of carbonyl (C=O) groups is 2. The summed E-state index contributed by atoms with van der Waals surface area (Å²) in [6.07, 6.45) is 5.12. The molecule has 1 aromatic rings. The Morgan fingerprint density at radius 1 is 1.25 bits per heavy atom. The lowest BCUT2D eigenvalue weighted by molar-refractivity contribution is 0.0646. The van der Waals surface area contributed by atoms with E-state index in [1.807, 2.05) is 6.08 Å². The molecule has 5 nitrogen and oxygen atoms in total. The molecular formula is C11H9NO4. The van der Waals surface area contributed by atoms with Crippen LogP contribution in [0.2, 0.25) is 0 Å². The topological polar surface area (TPSA) is 87.5 Å². The van der Waals surface area contributed by atoms with Crippen LogP contribution in [0.15, 0.2) is 12.1 Å². The molecule has 1 heterocycles.